The van der Waals surface area contributed by atoms with Gasteiger partial charge in [0.2, 0.25) is 0 Å². The lowest BCUT2D eigenvalue weighted by Gasteiger charge is -2.09. The van der Waals surface area contributed by atoms with Gasteiger partial charge in [-0.1, -0.05) is 93.6 Å². The van der Waals surface area contributed by atoms with E-state index in [1.54, 1.807) is 0 Å². The van der Waals surface area contributed by atoms with Crippen LogP contribution in [-0.4, -0.2) is 17.4 Å². The van der Waals surface area contributed by atoms with Crippen LogP contribution in [-0.2, 0) is 9.53 Å². The van der Waals surface area contributed by atoms with Crippen molar-refractivity contribution in [3.8, 4) is 0 Å². The van der Waals surface area contributed by atoms with E-state index in [4.69, 9.17) is 4.74 Å². The van der Waals surface area contributed by atoms with Gasteiger partial charge in [-0.3, -0.25) is 0 Å². The molecule has 0 amide bonds. The van der Waals surface area contributed by atoms with Crippen molar-refractivity contribution in [3.05, 3.63) is 12.7 Å². The van der Waals surface area contributed by atoms with Crippen molar-refractivity contribution in [2.45, 2.75) is 88.8 Å². The first-order valence-corrected chi connectivity index (χ1v) is 9.55. The fraction of sp³-hybridized carbons (Fsp3) is 0.833. The zero-order chi connectivity index (χ0) is 15.8. The molecule has 0 aliphatic carbocycles. The maximum absolute atomic E-state index is 10.9. The average molecular weight is 378 g/mol. The monoisotopic (exact) mass is 377 g/mol. The number of halogens is 1. The molecule has 0 fully saturated rings. The van der Waals surface area contributed by atoms with Crippen LogP contribution in [0.3, 0.4) is 0 Å². The second kappa shape index (κ2) is 18.7. The minimum Gasteiger partial charge on any atom is -0.463 e. The molecule has 0 saturated heterocycles. The quantitative estimate of drug-likeness (QED) is 0.156. The minimum atomic E-state index is -0.325. The summed E-state index contributed by atoms with van der Waals surface area (Å²) in [5.41, 5.74) is 0. The zero-order valence-corrected chi connectivity index (χ0v) is 16.0. The standard InChI is InChI=1S/C18H33BrO2.H3N/c1-3-5-6-7-8-9-10-11-12-13-14-17(19)15-16-21-18(20)4-2;/h4,17H,2-3,5-16H2,1H3;1H3. The zero-order valence-electron chi connectivity index (χ0n) is 14.5. The highest BCUT2D eigenvalue weighted by molar-refractivity contribution is 9.09. The third-order valence-corrected chi connectivity index (χ3v) is 4.63. The molecule has 132 valence electrons. The molecule has 0 aromatic carbocycles. The summed E-state index contributed by atoms with van der Waals surface area (Å²) in [6.07, 6.45) is 17.0. The van der Waals surface area contributed by atoms with E-state index in [0.29, 0.717) is 11.4 Å². The lowest BCUT2D eigenvalue weighted by molar-refractivity contribution is -0.137. The molecular weight excluding hydrogens is 342 g/mol. The predicted octanol–water partition coefficient (Wildman–Crippen LogP) is 6.34. The van der Waals surface area contributed by atoms with Gasteiger partial charge in [0.1, 0.15) is 0 Å². The average Bonchev–Trinajstić information content (AvgIpc) is 2.49. The number of rotatable bonds is 15. The van der Waals surface area contributed by atoms with Gasteiger partial charge in [-0.25, -0.2) is 4.79 Å². The molecule has 1 atom stereocenters. The van der Waals surface area contributed by atoms with Crippen molar-refractivity contribution in [1.29, 1.82) is 0 Å². The van der Waals surface area contributed by atoms with Gasteiger partial charge < -0.3 is 10.9 Å². The Morgan fingerprint density at radius 3 is 2.00 bits per heavy atom. The molecule has 0 rings (SSSR count). The minimum absolute atomic E-state index is 0. The number of esters is 1. The Morgan fingerprint density at radius 2 is 1.50 bits per heavy atom. The van der Waals surface area contributed by atoms with E-state index in [-0.39, 0.29) is 12.1 Å². The third-order valence-electron chi connectivity index (χ3n) is 3.71. The molecule has 3 N–H and O–H groups in total. The van der Waals surface area contributed by atoms with E-state index in [1.165, 1.54) is 76.7 Å². The normalized spacial score (nSPS) is 11.5. The summed E-state index contributed by atoms with van der Waals surface area (Å²) >= 11 is 3.65. The summed E-state index contributed by atoms with van der Waals surface area (Å²) in [5, 5.41) is 0. The topological polar surface area (TPSA) is 61.3 Å². The van der Waals surface area contributed by atoms with Crippen molar-refractivity contribution in [3.63, 3.8) is 0 Å². The smallest absolute Gasteiger partial charge is 0.330 e. The molecule has 0 heterocycles. The molecule has 0 saturated carbocycles. The molecular formula is C18H36BrNO2. The molecule has 4 heteroatoms. The Labute approximate surface area is 146 Å². The summed E-state index contributed by atoms with van der Waals surface area (Å²) in [4.78, 5) is 11.3. The highest BCUT2D eigenvalue weighted by Gasteiger charge is 2.05. The SMILES string of the molecule is C=CC(=O)OCCC(Br)CCCCCCCCCCCC.N. The van der Waals surface area contributed by atoms with Crippen molar-refractivity contribution in [2.24, 2.45) is 0 Å². The second-order valence-electron chi connectivity index (χ2n) is 5.73. The summed E-state index contributed by atoms with van der Waals surface area (Å²) < 4.78 is 4.97. The van der Waals surface area contributed by atoms with E-state index in [1.807, 2.05) is 0 Å². The molecule has 0 radical (unpaired) electrons. The fourth-order valence-corrected chi connectivity index (χ4v) is 2.85. The van der Waals surface area contributed by atoms with Gasteiger partial charge >= 0.3 is 5.97 Å². The molecule has 22 heavy (non-hydrogen) atoms. The first-order valence-electron chi connectivity index (χ1n) is 8.64. The van der Waals surface area contributed by atoms with Crippen molar-refractivity contribution in [2.75, 3.05) is 6.61 Å². The van der Waals surface area contributed by atoms with Crippen LogP contribution in [0, 0.1) is 0 Å². The predicted molar refractivity (Wildman–Crippen MR) is 100.0 cm³/mol. The maximum Gasteiger partial charge on any atom is 0.330 e. The molecule has 0 aromatic rings. The van der Waals surface area contributed by atoms with Crippen LogP contribution < -0.4 is 6.15 Å². The van der Waals surface area contributed by atoms with Gasteiger partial charge in [0.05, 0.1) is 6.61 Å². The molecule has 0 bridgehead atoms. The van der Waals surface area contributed by atoms with Gasteiger partial charge in [0.25, 0.3) is 0 Å². The molecule has 0 aliphatic rings. The summed E-state index contributed by atoms with van der Waals surface area (Å²) in [6.45, 7) is 6.13. The van der Waals surface area contributed by atoms with E-state index in [0.717, 1.165) is 6.42 Å². The van der Waals surface area contributed by atoms with E-state index < -0.39 is 0 Å². The Morgan fingerprint density at radius 1 is 1.00 bits per heavy atom. The molecule has 0 spiro atoms. The van der Waals surface area contributed by atoms with Crippen LogP contribution in [0.15, 0.2) is 12.7 Å². The number of hydrogen-bond donors (Lipinski definition) is 1. The van der Waals surface area contributed by atoms with Gasteiger partial charge in [0, 0.05) is 10.9 Å². The van der Waals surface area contributed by atoms with Gasteiger partial charge in [-0.2, -0.15) is 0 Å². The van der Waals surface area contributed by atoms with E-state index in [2.05, 4.69) is 29.4 Å². The third kappa shape index (κ3) is 17.7. The lowest BCUT2D eigenvalue weighted by atomic mass is 10.0. The summed E-state index contributed by atoms with van der Waals surface area (Å²) in [6, 6.07) is 0. The summed E-state index contributed by atoms with van der Waals surface area (Å²) in [7, 11) is 0. The first-order chi connectivity index (χ1) is 10.2. The molecule has 1 unspecified atom stereocenters. The number of hydrogen-bond acceptors (Lipinski definition) is 3. The van der Waals surface area contributed by atoms with E-state index >= 15 is 0 Å². The fourth-order valence-electron chi connectivity index (χ4n) is 2.34. The Kier molecular flexibility index (Phi) is 20.3. The lowest BCUT2D eigenvalue weighted by Crippen LogP contribution is -2.07. The Bertz CT molecular complexity index is 259. The highest BCUT2D eigenvalue weighted by Crippen LogP contribution is 2.16. The van der Waals surface area contributed by atoms with Gasteiger partial charge in [-0.15, -0.1) is 0 Å². The maximum atomic E-state index is 10.9. The van der Waals surface area contributed by atoms with Crippen molar-refractivity contribution < 1.29 is 9.53 Å². The van der Waals surface area contributed by atoms with Crippen molar-refractivity contribution >= 4 is 21.9 Å². The number of carbonyl (C=O) groups is 1. The second-order valence-corrected chi connectivity index (χ2v) is 7.02. The highest BCUT2D eigenvalue weighted by atomic mass is 79.9. The van der Waals surface area contributed by atoms with Crippen molar-refractivity contribution in [1.82, 2.24) is 6.15 Å². The molecule has 3 nitrogen and oxygen atoms in total. The Hall–Kier alpha value is -0.350. The Balaban J connectivity index is 0. The molecule has 0 aromatic heterocycles. The first kappa shape index (κ1) is 23.9. The van der Waals surface area contributed by atoms with Crippen LogP contribution in [0.25, 0.3) is 0 Å². The van der Waals surface area contributed by atoms with Crippen LogP contribution >= 0.6 is 15.9 Å². The van der Waals surface area contributed by atoms with Crippen LogP contribution in [0.5, 0.6) is 0 Å². The number of ether oxygens (including phenoxy) is 1. The number of alkyl halides is 1. The van der Waals surface area contributed by atoms with Gasteiger partial charge in [-0.05, 0) is 12.8 Å². The molecule has 0 aliphatic heterocycles. The van der Waals surface area contributed by atoms with Crippen LogP contribution in [0.4, 0.5) is 0 Å². The number of unbranched alkanes of at least 4 members (excludes halogenated alkanes) is 9. The van der Waals surface area contributed by atoms with E-state index in [9.17, 15) is 4.79 Å². The summed E-state index contributed by atoms with van der Waals surface area (Å²) in [5.74, 6) is -0.325. The van der Waals surface area contributed by atoms with Gasteiger partial charge in [0.15, 0.2) is 0 Å². The van der Waals surface area contributed by atoms with Crippen LogP contribution in [0.2, 0.25) is 0 Å². The largest absolute Gasteiger partial charge is 0.463 e. The van der Waals surface area contributed by atoms with Crippen LogP contribution in [0.1, 0.15) is 84.0 Å². The number of carbonyl (C=O) groups excluding carboxylic acids is 1.